The Labute approximate surface area is 82.7 Å². The predicted molar refractivity (Wildman–Crippen MR) is 44.8 cm³/mol. The highest BCUT2D eigenvalue weighted by atomic mass is 31.2. The van der Waals surface area contributed by atoms with E-state index in [4.69, 9.17) is 27.1 Å². The topological polar surface area (TPSA) is 55.4 Å². The third kappa shape index (κ3) is 0.692. The smallest absolute Gasteiger partial charge is 0.306 e. The van der Waals surface area contributed by atoms with Gasteiger partial charge < -0.3 is 4.52 Å². The number of hydrogen-bond acceptors (Lipinski definition) is 6. The molecule has 8 heteroatoms. The van der Waals surface area contributed by atoms with Crippen LogP contribution in [0, 0.1) is 0 Å². The first kappa shape index (κ1) is 8.74. The van der Waals surface area contributed by atoms with Gasteiger partial charge in [0.25, 0.3) is 0 Å². The van der Waals surface area contributed by atoms with Crippen molar-refractivity contribution in [1.82, 2.24) is 0 Å². The molecule has 4 fully saturated rings. The van der Waals surface area contributed by atoms with Crippen LogP contribution < -0.4 is 0 Å². The average molecular weight is 238 g/mol. The largest absolute Gasteiger partial charge is 0.339 e. The van der Waals surface area contributed by atoms with E-state index in [1.807, 2.05) is 13.8 Å². The van der Waals surface area contributed by atoms with Gasteiger partial charge in [0.2, 0.25) is 11.6 Å². The summed E-state index contributed by atoms with van der Waals surface area (Å²) in [6.45, 7) is 4.08. The lowest BCUT2D eigenvalue weighted by Crippen LogP contribution is -2.66. The fourth-order valence-electron chi connectivity index (χ4n) is 2.01. The number of hydrogen-bond donors (Lipinski definition) is 0. The van der Waals surface area contributed by atoms with Gasteiger partial charge in [-0.2, -0.15) is 0 Å². The summed E-state index contributed by atoms with van der Waals surface area (Å²) in [7, 11) is -2.68. The standard InChI is InChI=1S/C6H8O6P2/c1-4-5(2)9-13-7-3-6(4,11-13)12-14(8-4)10-5/h3H2,1-2H3. The van der Waals surface area contributed by atoms with Crippen molar-refractivity contribution >= 4 is 17.2 Å². The van der Waals surface area contributed by atoms with Crippen molar-refractivity contribution in [2.24, 2.45) is 0 Å². The van der Waals surface area contributed by atoms with Gasteiger partial charge in [-0.15, -0.1) is 0 Å². The molecule has 5 atom stereocenters. The monoisotopic (exact) mass is 238 g/mol. The molecule has 14 heavy (non-hydrogen) atoms. The van der Waals surface area contributed by atoms with Crippen LogP contribution in [0.1, 0.15) is 13.8 Å². The van der Waals surface area contributed by atoms with Crippen LogP contribution >= 0.6 is 17.2 Å². The van der Waals surface area contributed by atoms with E-state index in [2.05, 4.69) is 0 Å². The van der Waals surface area contributed by atoms with E-state index < -0.39 is 34.4 Å². The van der Waals surface area contributed by atoms with E-state index in [0.717, 1.165) is 0 Å². The van der Waals surface area contributed by atoms with E-state index in [1.165, 1.54) is 0 Å². The zero-order valence-corrected chi connectivity index (χ0v) is 9.34. The third-order valence-corrected chi connectivity index (χ3v) is 5.89. The van der Waals surface area contributed by atoms with Crippen molar-refractivity contribution in [2.45, 2.75) is 31.0 Å². The fourth-order valence-corrected chi connectivity index (χ4v) is 5.26. The van der Waals surface area contributed by atoms with Crippen LogP contribution in [0.3, 0.4) is 0 Å². The molecule has 78 valence electrons. The molecule has 0 N–H and O–H groups in total. The van der Waals surface area contributed by atoms with Gasteiger partial charge >= 0.3 is 17.2 Å². The summed E-state index contributed by atoms with van der Waals surface area (Å²) in [6, 6.07) is 0. The molecular formula is C6H8O6P2. The van der Waals surface area contributed by atoms with Crippen molar-refractivity contribution in [3.63, 3.8) is 0 Å². The highest BCUT2D eigenvalue weighted by Gasteiger charge is 2.83. The lowest BCUT2D eigenvalue weighted by atomic mass is 9.87. The van der Waals surface area contributed by atoms with Gasteiger partial charge in [0, 0.05) is 0 Å². The van der Waals surface area contributed by atoms with Crippen LogP contribution in [0.4, 0.5) is 0 Å². The molecule has 0 aromatic rings. The predicted octanol–water partition coefficient (Wildman–Crippen LogP) is 1.77. The molecule has 6 nitrogen and oxygen atoms in total. The summed E-state index contributed by atoms with van der Waals surface area (Å²) >= 11 is 0. The van der Waals surface area contributed by atoms with Crippen molar-refractivity contribution in [1.29, 1.82) is 0 Å². The van der Waals surface area contributed by atoms with Crippen molar-refractivity contribution in [3.8, 4) is 0 Å². The van der Waals surface area contributed by atoms with Gasteiger partial charge in [0.1, 0.15) is 6.61 Å². The zero-order chi connectivity index (χ0) is 9.60. The van der Waals surface area contributed by atoms with E-state index >= 15 is 0 Å². The quantitative estimate of drug-likeness (QED) is 0.599. The highest BCUT2D eigenvalue weighted by Crippen LogP contribution is 2.80. The summed E-state index contributed by atoms with van der Waals surface area (Å²) in [5.74, 6) is -1.60. The molecule has 0 saturated carbocycles. The molecule has 5 unspecified atom stereocenters. The Morgan fingerprint density at radius 1 is 0.929 bits per heavy atom. The highest BCUT2D eigenvalue weighted by molar-refractivity contribution is 7.44. The van der Waals surface area contributed by atoms with E-state index in [-0.39, 0.29) is 0 Å². The minimum Gasteiger partial charge on any atom is -0.306 e. The Morgan fingerprint density at radius 2 is 1.64 bits per heavy atom. The Bertz CT molecular complexity index is 321. The maximum Gasteiger partial charge on any atom is 0.339 e. The Kier molecular flexibility index (Phi) is 1.35. The van der Waals surface area contributed by atoms with E-state index in [9.17, 15) is 0 Å². The van der Waals surface area contributed by atoms with Gasteiger partial charge in [-0.1, -0.05) is 0 Å². The van der Waals surface area contributed by atoms with Gasteiger partial charge in [0.05, 0.1) is 0 Å². The van der Waals surface area contributed by atoms with Crippen molar-refractivity contribution in [2.75, 3.05) is 6.61 Å². The summed E-state index contributed by atoms with van der Waals surface area (Å²) in [5.41, 5.74) is -0.721. The van der Waals surface area contributed by atoms with Crippen LogP contribution in [-0.4, -0.2) is 23.8 Å². The Morgan fingerprint density at radius 3 is 2.43 bits per heavy atom. The molecule has 0 aromatic carbocycles. The Balaban J connectivity index is 1.94. The minimum absolute atomic E-state index is 0.354. The molecule has 4 rings (SSSR count). The van der Waals surface area contributed by atoms with E-state index in [1.54, 1.807) is 0 Å². The first-order chi connectivity index (χ1) is 6.57. The summed E-state index contributed by atoms with van der Waals surface area (Å²) in [6.07, 6.45) is 0. The molecule has 4 heterocycles. The van der Waals surface area contributed by atoms with Gasteiger partial charge in [0.15, 0.2) is 5.60 Å². The van der Waals surface area contributed by atoms with Crippen LogP contribution in [0.2, 0.25) is 0 Å². The van der Waals surface area contributed by atoms with Gasteiger partial charge in [-0.25, -0.2) is 0 Å². The minimum atomic E-state index is -1.35. The SMILES string of the molecule is CC12OP3OCC4(O3)OP(O1)OC24C. The zero-order valence-electron chi connectivity index (χ0n) is 7.55. The molecular weight excluding hydrogens is 230 g/mol. The van der Waals surface area contributed by atoms with Crippen LogP contribution in [0.25, 0.3) is 0 Å². The van der Waals surface area contributed by atoms with Crippen molar-refractivity contribution in [3.05, 3.63) is 0 Å². The maximum absolute atomic E-state index is 5.65. The molecule has 4 saturated heterocycles. The van der Waals surface area contributed by atoms with Crippen LogP contribution in [0.15, 0.2) is 0 Å². The summed E-state index contributed by atoms with van der Waals surface area (Å²) in [5, 5.41) is 0. The van der Waals surface area contributed by atoms with Crippen LogP contribution in [-0.2, 0) is 27.1 Å². The second-order valence-electron chi connectivity index (χ2n) is 3.91. The Hall–Kier alpha value is 0.620. The molecule has 4 aliphatic rings. The molecule has 1 spiro atoms. The molecule has 0 radical (unpaired) electrons. The van der Waals surface area contributed by atoms with Gasteiger partial charge in [-0.3, -0.25) is 22.6 Å². The first-order valence-electron chi connectivity index (χ1n) is 4.26. The fraction of sp³-hybridized carbons (Fsp3) is 1.00. The molecule has 4 aliphatic heterocycles. The molecule has 0 aromatic heterocycles. The lowest BCUT2D eigenvalue weighted by molar-refractivity contribution is -0.303. The second kappa shape index (κ2) is 2.17. The third-order valence-electron chi connectivity index (χ3n) is 3.15. The lowest BCUT2D eigenvalue weighted by Gasteiger charge is -2.47. The normalized spacial score (nSPS) is 69.0. The molecule has 0 aliphatic carbocycles. The average Bonchev–Trinajstić information content (AvgIpc) is 2.62. The van der Waals surface area contributed by atoms with Gasteiger partial charge in [-0.05, 0) is 13.8 Å². The second-order valence-corrected chi connectivity index (χ2v) is 5.97. The maximum atomic E-state index is 5.65. The summed E-state index contributed by atoms with van der Waals surface area (Å²) < 4.78 is 33.3. The molecule has 0 amide bonds. The summed E-state index contributed by atoms with van der Waals surface area (Å²) in [4.78, 5) is 0. The number of fused-ring (bicyclic) bond motifs is 2. The van der Waals surface area contributed by atoms with Crippen molar-refractivity contribution < 1.29 is 27.1 Å². The first-order valence-corrected chi connectivity index (χ1v) is 6.45. The molecule has 4 bridgehead atoms. The number of rotatable bonds is 0. The van der Waals surface area contributed by atoms with Crippen LogP contribution in [0.5, 0.6) is 0 Å². The van der Waals surface area contributed by atoms with E-state index in [0.29, 0.717) is 6.61 Å².